The van der Waals surface area contributed by atoms with E-state index in [4.69, 9.17) is 0 Å². The van der Waals surface area contributed by atoms with Gasteiger partial charge in [0.15, 0.2) is 0 Å². The molecule has 0 aliphatic carbocycles. The van der Waals surface area contributed by atoms with Crippen molar-refractivity contribution < 1.29 is 47.9 Å². The Morgan fingerprint density at radius 3 is 2.00 bits per heavy atom. The van der Waals surface area contributed by atoms with E-state index in [9.17, 15) is 39.1 Å². The number of amides is 1. The summed E-state index contributed by atoms with van der Waals surface area (Å²) in [5, 5.41) is 47.6. The third-order valence-corrected chi connectivity index (χ3v) is 9.86. The molecule has 3 aromatic carbocycles. The summed E-state index contributed by atoms with van der Waals surface area (Å²) in [5.74, 6) is -5.54. The van der Waals surface area contributed by atoms with Crippen LogP contribution in [-0.2, 0) is 10.7 Å². The summed E-state index contributed by atoms with van der Waals surface area (Å²) in [6.45, 7) is -0.673. The molecule has 8 atom stereocenters. The van der Waals surface area contributed by atoms with E-state index in [1.807, 2.05) is 0 Å². The molecule has 2 heterocycles. The van der Waals surface area contributed by atoms with Crippen LogP contribution in [0, 0.1) is 17.6 Å². The van der Waals surface area contributed by atoms with Crippen LogP contribution in [0.1, 0.15) is 41.7 Å². The van der Waals surface area contributed by atoms with Gasteiger partial charge >= 0.3 is 0 Å². The Hall–Kier alpha value is -3.00. The van der Waals surface area contributed by atoms with E-state index in [1.54, 1.807) is 0 Å². The van der Waals surface area contributed by atoms with Crippen molar-refractivity contribution in [3.8, 4) is 0 Å². The average Bonchev–Trinajstić information content (AvgIpc) is 3.00. The summed E-state index contributed by atoms with van der Waals surface area (Å²) in [6.07, 6.45) is -5.98. The van der Waals surface area contributed by atoms with Gasteiger partial charge in [0.1, 0.15) is 29.1 Å². The number of nitrogens with zero attached hydrogens (tertiary/aromatic N) is 1. The van der Waals surface area contributed by atoms with Gasteiger partial charge in [0, 0.05) is 11.3 Å². The first-order valence-corrected chi connectivity index (χ1v) is 14.7. The summed E-state index contributed by atoms with van der Waals surface area (Å²) in [5.41, 5.74) is 0.918. The normalized spacial score (nSPS) is 28.4. The van der Waals surface area contributed by atoms with E-state index in [1.165, 1.54) is 65.6 Å². The number of anilines is 1. The fourth-order valence-electron chi connectivity index (χ4n) is 5.76. The van der Waals surface area contributed by atoms with Gasteiger partial charge < -0.3 is 30.4 Å². The third kappa shape index (κ3) is 6.04. The molecule has 5 rings (SSSR count). The molecular formula is C31H31F4NO6S. The lowest BCUT2D eigenvalue weighted by molar-refractivity contribution is -0.131. The lowest BCUT2D eigenvalue weighted by Crippen LogP contribution is -2.58. The zero-order chi connectivity index (χ0) is 31.1. The Kier molecular flexibility index (Phi) is 9.17. The Labute approximate surface area is 249 Å². The van der Waals surface area contributed by atoms with Crippen LogP contribution in [0.3, 0.4) is 0 Å². The fourth-order valence-corrected chi connectivity index (χ4v) is 7.17. The second kappa shape index (κ2) is 12.5. The SMILES string of the molecule is O=C1[C@H](CC[C@H](O)c2ccc(F)cc2)[C@@H](c2ccc(C(F)(F)C3S[C@H](CO)[C@@H](O)[C@H](O)[C@H]3O)cc2)N1c1ccc(F)cc1. The number of alkyl halides is 2. The van der Waals surface area contributed by atoms with Crippen molar-refractivity contribution in [3.05, 3.63) is 101 Å². The molecule has 230 valence electrons. The van der Waals surface area contributed by atoms with Crippen molar-refractivity contribution in [2.45, 2.75) is 59.7 Å². The number of carbonyl (C=O) groups is 1. The number of halogens is 4. The first-order valence-electron chi connectivity index (χ1n) is 13.7. The molecule has 2 fully saturated rings. The number of hydrogen-bond acceptors (Lipinski definition) is 7. The number of aliphatic hydroxyl groups excluding tert-OH is 5. The van der Waals surface area contributed by atoms with Crippen molar-refractivity contribution in [1.82, 2.24) is 0 Å². The molecule has 0 aromatic heterocycles. The van der Waals surface area contributed by atoms with Crippen molar-refractivity contribution in [2.75, 3.05) is 11.5 Å². The molecule has 43 heavy (non-hydrogen) atoms. The predicted octanol–water partition coefficient (Wildman–Crippen LogP) is 3.83. The highest BCUT2D eigenvalue weighted by Crippen LogP contribution is 2.49. The molecule has 2 saturated heterocycles. The largest absolute Gasteiger partial charge is 0.395 e. The highest BCUT2D eigenvalue weighted by Gasteiger charge is 2.55. The Morgan fingerprint density at radius 2 is 1.42 bits per heavy atom. The van der Waals surface area contributed by atoms with Crippen molar-refractivity contribution in [3.63, 3.8) is 0 Å². The van der Waals surface area contributed by atoms with Crippen LogP contribution in [0.25, 0.3) is 0 Å². The van der Waals surface area contributed by atoms with Crippen LogP contribution in [-0.4, -0.2) is 66.9 Å². The molecule has 1 amide bonds. The zero-order valence-corrected chi connectivity index (χ0v) is 23.5. The minimum absolute atomic E-state index is 0.170. The molecule has 0 bridgehead atoms. The van der Waals surface area contributed by atoms with Crippen LogP contribution in [0.5, 0.6) is 0 Å². The van der Waals surface area contributed by atoms with Gasteiger partial charge in [-0.25, -0.2) is 8.78 Å². The first kappa shape index (κ1) is 31.4. The second-order valence-electron chi connectivity index (χ2n) is 10.9. The summed E-state index contributed by atoms with van der Waals surface area (Å²) in [4.78, 5) is 14.7. The van der Waals surface area contributed by atoms with Crippen LogP contribution >= 0.6 is 11.8 Å². The van der Waals surface area contributed by atoms with E-state index >= 15 is 8.78 Å². The smallest absolute Gasteiger partial charge is 0.287 e. The van der Waals surface area contributed by atoms with Gasteiger partial charge in [0.2, 0.25) is 5.91 Å². The lowest BCUT2D eigenvalue weighted by atomic mass is 9.78. The molecule has 0 spiro atoms. The van der Waals surface area contributed by atoms with Gasteiger partial charge in [-0.1, -0.05) is 36.4 Å². The monoisotopic (exact) mass is 621 g/mol. The van der Waals surface area contributed by atoms with Gasteiger partial charge in [-0.15, -0.1) is 11.8 Å². The number of hydrogen-bond donors (Lipinski definition) is 5. The molecule has 1 unspecified atom stereocenters. The Morgan fingerprint density at radius 1 is 0.837 bits per heavy atom. The van der Waals surface area contributed by atoms with Crippen LogP contribution < -0.4 is 4.90 Å². The van der Waals surface area contributed by atoms with Gasteiger partial charge in [0.05, 0.1) is 36.0 Å². The Balaban J connectivity index is 1.39. The van der Waals surface area contributed by atoms with E-state index in [-0.39, 0.29) is 18.7 Å². The summed E-state index contributed by atoms with van der Waals surface area (Å²) in [6, 6.07) is 15.2. The molecule has 0 radical (unpaired) electrons. The molecule has 2 aliphatic heterocycles. The van der Waals surface area contributed by atoms with E-state index in [0.29, 0.717) is 28.6 Å². The molecule has 7 nitrogen and oxygen atoms in total. The molecule has 3 aromatic rings. The number of aliphatic hydroxyl groups is 5. The quantitative estimate of drug-likeness (QED) is 0.182. The summed E-state index contributed by atoms with van der Waals surface area (Å²) in [7, 11) is 0. The molecule has 12 heteroatoms. The molecule has 0 saturated carbocycles. The minimum Gasteiger partial charge on any atom is -0.395 e. The van der Waals surface area contributed by atoms with Crippen molar-refractivity contribution >= 4 is 23.4 Å². The van der Waals surface area contributed by atoms with Crippen molar-refractivity contribution in [2.24, 2.45) is 5.92 Å². The first-order chi connectivity index (χ1) is 20.4. The zero-order valence-electron chi connectivity index (χ0n) is 22.7. The molecule has 5 N–H and O–H groups in total. The number of thioether (sulfide) groups is 1. The van der Waals surface area contributed by atoms with Gasteiger partial charge in [-0.05, 0) is 60.4 Å². The van der Waals surface area contributed by atoms with Crippen LogP contribution in [0.2, 0.25) is 0 Å². The number of rotatable bonds is 9. The van der Waals surface area contributed by atoms with Gasteiger partial charge in [0.25, 0.3) is 5.92 Å². The van der Waals surface area contributed by atoms with Crippen molar-refractivity contribution in [1.29, 1.82) is 0 Å². The maximum absolute atomic E-state index is 15.6. The maximum atomic E-state index is 15.6. The minimum atomic E-state index is -3.66. The molecular weight excluding hydrogens is 590 g/mol. The van der Waals surface area contributed by atoms with Crippen LogP contribution in [0.15, 0.2) is 72.8 Å². The number of β-lactam (4-membered cyclic amide) rings is 1. The van der Waals surface area contributed by atoms with Gasteiger partial charge in [-0.2, -0.15) is 8.78 Å². The topological polar surface area (TPSA) is 121 Å². The average molecular weight is 622 g/mol. The van der Waals surface area contributed by atoms with E-state index in [2.05, 4.69) is 0 Å². The van der Waals surface area contributed by atoms with E-state index in [0.717, 1.165) is 12.1 Å². The summed E-state index contributed by atoms with van der Waals surface area (Å²) < 4.78 is 58.2. The highest BCUT2D eigenvalue weighted by atomic mass is 32.2. The van der Waals surface area contributed by atoms with Gasteiger partial charge in [-0.3, -0.25) is 4.79 Å². The van der Waals surface area contributed by atoms with E-state index < -0.39 is 76.6 Å². The number of benzene rings is 3. The second-order valence-corrected chi connectivity index (χ2v) is 12.3. The highest BCUT2D eigenvalue weighted by molar-refractivity contribution is 8.00. The third-order valence-electron chi connectivity index (χ3n) is 8.21. The summed E-state index contributed by atoms with van der Waals surface area (Å²) >= 11 is 0.499. The Bertz CT molecular complexity index is 1410. The maximum Gasteiger partial charge on any atom is 0.287 e. The lowest BCUT2D eigenvalue weighted by Gasteiger charge is -2.48. The van der Waals surface area contributed by atoms with Crippen LogP contribution in [0.4, 0.5) is 23.2 Å². The predicted molar refractivity (Wildman–Crippen MR) is 151 cm³/mol. The fraction of sp³-hybridized carbons (Fsp3) is 0.387. The molecule has 2 aliphatic rings. The standard InChI is InChI=1S/C31H31F4NO6S/c32-19-7-3-16(4-8-19)23(38)14-13-22-25(36(30(22)42)21-11-9-20(33)10-12-21)17-1-5-18(6-2-17)31(34,35)29-28(41)27(40)26(39)24(15-37)43-29/h1-12,22-29,37-41H,13-15H2/t22-,23+,24-,25-,26-,27+,28-,29?/m1/s1. The number of carbonyl (C=O) groups excluding carboxylic acids is 1.